The summed E-state index contributed by atoms with van der Waals surface area (Å²) in [7, 11) is -2.59. The Morgan fingerprint density at radius 1 is 0.704 bits per heavy atom. The molecule has 140 valence electrons. The van der Waals surface area contributed by atoms with Gasteiger partial charge in [-0.25, -0.2) is 0 Å². The van der Waals surface area contributed by atoms with Crippen LogP contribution in [-0.4, -0.2) is 9.79 Å². The Balaban J connectivity index is 0.000000596. The molecule has 27 heavy (non-hydrogen) atoms. The number of quaternary nitrogens is 1. The molecule has 3 rings (SSSR count). The first-order chi connectivity index (χ1) is 13.0. The van der Waals surface area contributed by atoms with Crippen molar-refractivity contribution in [2.24, 2.45) is 0 Å². The second-order valence-corrected chi connectivity index (χ2v) is 6.54. The standard InChI is InChI=1S/C18H17NO3P.3O.V/c20-23(21)22-19(16-10-4-1-5-11-16,17-12-6-2-7-13-17)18-14-8-3-9-15-18;;;;/h1-15,20-21H;;;;/q+1;;;-1;. The summed E-state index contributed by atoms with van der Waals surface area (Å²) in [5.74, 6) is 0. The fourth-order valence-electron chi connectivity index (χ4n) is 2.61. The Labute approximate surface area is 162 Å². The minimum atomic E-state index is -3.94. The van der Waals surface area contributed by atoms with Gasteiger partial charge in [0.2, 0.25) is 0 Å². The summed E-state index contributed by atoms with van der Waals surface area (Å²) in [6.07, 6.45) is 0. The summed E-state index contributed by atoms with van der Waals surface area (Å²) < 4.78 is 31.2. The van der Waals surface area contributed by atoms with E-state index >= 15 is 0 Å². The summed E-state index contributed by atoms with van der Waals surface area (Å²) in [6.45, 7) is 0. The van der Waals surface area contributed by atoms with Crippen molar-refractivity contribution < 1.29 is 41.2 Å². The molecule has 0 aromatic heterocycles. The Hall–Kier alpha value is -1.93. The molecule has 0 bridgehead atoms. The third kappa shape index (κ3) is 5.77. The quantitative estimate of drug-likeness (QED) is 0.369. The topological polar surface area (TPSA) is 107 Å². The molecule has 0 atom stereocenters. The Morgan fingerprint density at radius 3 is 1.19 bits per heavy atom. The molecule has 7 nitrogen and oxygen atoms in total. The first-order valence-electron chi connectivity index (χ1n) is 7.72. The summed E-state index contributed by atoms with van der Waals surface area (Å²) in [5, 5.41) is 0. The molecular formula is C18H17NO6PV. The van der Waals surface area contributed by atoms with Gasteiger partial charge in [-0.05, 0) is 0 Å². The Kier molecular flexibility index (Phi) is 8.25. The van der Waals surface area contributed by atoms with E-state index in [0.717, 1.165) is 17.1 Å². The van der Waals surface area contributed by atoms with Gasteiger partial charge in [0.25, 0.3) is 0 Å². The van der Waals surface area contributed by atoms with Crippen LogP contribution >= 0.6 is 8.60 Å². The van der Waals surface area contributed by atoms with Crippen LogP contribution in [0.2, 0.25) is 0 Å². The zero-order valence-electron chi connectivity index (χ0n) is 14.0. The fourth-order valence-corrected chi connectivity index (χ4v) is 3.11. The molecule has 3 aromatic carbocycles. The van der Waals surface area contributed by atoms with Gasteiger partial charge in [0.15, 0.2) is 17.1 Å². The predicted molar refractivity (Wildman–Crippen MR) is 94.3 cm³/mol. The molecule has 0 amide bonds. The van der Waals surface area contributed by atoms with Crippen molar-refractivity contribution in [2.45, 2.75) is 0 Å². The molecule has 0 spiro atoms. The van der Waals surface area contributed by atoms with Gasteiger partial charge >= 0.3 is 35.4 Å². The van der Waals surface area contributed by atoms with Crippen molar-refractivity contribution in [1.29, 1.82) is 0 Å². The van der Waals surface area contributed by atoms with E-state index in [1.54, 1.807) is 0 Å². The third-order valence-corrected chi connectivity index (χ3v) is 3.95. The number of nitrogens with zero attached hydrogens (tertiary/aromatic N) is 1. The average Bonchev–Trinajstić information content (AvgIpc) is 2.67. The van der Waals surface area contributed by atoms with E-state index in [1.165, 1.54) is 0 Å². The fraction of sp³-hybridized carbons (Fsp3) is 0. The second-order valence-electron chi connectivity index (χ2n) is 5.17. The molecule has 0 fully saturated rings. The van der Waals surface area contributed by atoms with Crippen molar-refractivity contribution in [3.8, 4) is 0 Å². The Bertz CT molecular complexity index is 787. The van der Waals surface area contributed by atoms with Crippen LogP contribution in [0.15, 0.2) is 91.0 Å². The van der Waals surface area contributed by atoms with Gasteiger partial charge in [-0.1, -0.05) is 59.2 Å². The molecule has 9 heteroatoms. The van der Waals surface area contributed by atoms with Crippen LogP contribution in [0.25, 0.3) is 0 Å². The van der Waals surface area contributed by atoms with Crippen molar-refractivity contribution in [3.63, 3.8) is 0 Å². The molecule has 0 aliphatic carbocycles. The molecule has 0 saturated heterocycles. The van der Waals surface area contributed by atoms with Gasteiger partial charge in [-0.15, -0.1) is 4.62 Å². The molecule has 0 aliphatic rings. The van der Waals surface area contributed by atoms with E-state index in [0.29, 0.717) is 0 Å². The average molecular weight is 425 g/mol. The molecule has 0 radical (unpaired) electrons. The molecule has 0 saturated carbocycles. The Morgan fingerprint density at radius 2 is 0.963 bits per heavy atom. The van der Waals surface area contributed by atoms with Gasteiger partial charge in [0, 0.05) is 36.4 Å². The maximum absolute atomic E-state index is 9.65. The first-order valence-corrected chi connectivity index (χ1v) is 10.6. The molecule has 0 unspecified atom stereocenters. The summed E-state index contributed by atoms with van der Waals surface area (Å²) in [4.78, 5) is 19.3. The van der Waals surface area contributed by atoms with Gasteiger partial charge in [0.1, 0.15) is 0 Å². The molecule has 3 aromatic rings. The van der Waals surface area contributed by atoms with Crippen LogP contribution in [0, 0.1) is 0 Å². The maximum atomic E-state index is 9.65. The molecular weight excluding hydrogens is 408 g/mol. The van der Waals surface area contributed by atoms with Crippen LogP contribution in [-0.2, 0) is 27.4 Å². The molecule has 0 heterocycles. The molecule has 0 aliphatic heterocycles. The normalized spacial score (nSPS) is 10.8. The van der Waals surface area contributed by atoms with Crippen LogP contribution in [0.4, 0.5) is 17.1 Å². The van der Waals surface area contributed by atoms with Gasteiger partial charge < -0.3 is 9.79 Å². The van der Waals surface area contributed by atoms with E-state index in [2.05, 4.69) is 0 Å². The third-order valence-electron chi connectivity index (χ3n) is 3.55. The van der Waals surface area contributed by atoms with Crippen LogP contribution in [0.5, 0.6) is 0 Å². The first kappa shape index (κ1) is 21.4. The van der Waals surface area contributed by atoms with Crippen molar-refractivity contribution in [2.75, 3.05) is 0 Å². The van der Waals surface area contributed by atoms with E-state index < -0.39 is 24.0 Å². The van der Waals surface area contributed by atoms with Crippen LogP contribution in [0.1, 0.15) is 0 Å². The van der Waals surface area contributed by atoms with E-state index in [9.17, 15) is 9.79 Å². The zero-order chi connectivity index (χ0) is 19.7. The summed E-state index contributed by atoms with van der Waals surface area (Å²) in [5.41, 5.74) is 2.33. The van der Waals surface area contributed by atoms with E-state index in [-0.39, 0.29) is 4.65 Å². The van der Waals surface area contributed by atoms with Crippen LogP contribution < -0.4 is 8.68 Å². The summed E-state index contributed by atoms with van der Waals surface area (Å²) in [6, 6.07) is 28.5. The monoisotopic (exact) mass is 425 g/mol. The van der Waals surface area contributed by atoms with Crippen molar-refractivity contribution in [1.82, 2.24) is 4.65 Å². The van der Waals surface area contributed by atoms with E-state index in [4.69, 9.17) is 16.0 Å². The number of hydrogen-bond acceptors (Lipinski definition) is 6. The number of benzene rings is 3. The van der Waals surface area contributed by atoms with Gasteiger partial charge in [-0.3, -0.25) is 0 Å². The zero-order valence-corrected chi connectivity index (χ0v) is 16.3. The SMILES string of the molecule is OP(O)O[N+](c1ccccc1)(c1ccccc1)c1ccccc1.[O]=[V](=[O])[O-]. The van der Waals surface area contributed by atoms with Gasteiger partial charge in [-0.2, -0.15) is 0 Å². The van der Waals surface area contributed by atoms with E-state index in [1.807, 2.05) is 91.0 Å². The number of para-hydroxylation sites is 3. The second kappa shape index (κ2) is 10.4. The van der Waals surface area contributed by atoms with Gasteiger partial charge in [0.05, 0.1) is 0 Å². The predicted octanol–water partition coefficient (Wildman–Crippen LogP) is 3.37. The molecule has 2 N–H and O–H groups in total. The van der Waals surface area contributed by atoms with Crippen molar-refractivity contribution in [3.05, 3.63) is 91.0 Å². The van der Waals surface area contributed by atoms with Crippen LogP contribution in [0.3, 0.4) is 0 Å². The van der Waals surface area contributed by atoms with Crippen molar-refractivity contribution >= 4 is 25.7 Å². The minimum absolute atomic E-state index is 0.221. The number of rotatable bonds is 5. The number of hydrogen-bond donors (Lipinski definition) is 2. The summed E-state index contributed by atoms with van der Waals surface area (Å²) >= 11 is -3.94.